The Hall–Kier alpha value is -1.12. The first-order valence-electron chi connectivity index (χ1n) is 7.75. The van der Waals surface area contributed by atoms with Gasteiger partial charge in [0.1, 0.15) is 6.54 Å². The molecule has 0 saturated heterocycles. The number of carbonyl (C=O) groups is 1. The van der Waals surface area contributed by atoms with E-state index in [1.54, 1.807) is 36.0 Å². The quantitative estimate of drug-likeness (QED) is 0.464. The maximum Gasteiger partial charge on any atom is 0.240 e. The van der Waals surface area contributed by atoms with Gasteiger partial charge in [-0.1, -0.05) is 40.9 Å². The van der Waals surface area contributed by atoms with Crippen LogP contribution in [-0.2, 0) is 14.8 Å². The molecule has 2 rings (SSSR count). The molecule has 0 heterocycles. The Kier molecular flexibility index (Phi) is 8.12. The minimum absolute atomic E-state index is 0.0793. The summed E-state index contributed by atoms with van der Waals surface area (Å²) in [6.45, 7) is -0.00247. The van der Waals surface area contributed by atoms with Crippen LogP contribution in [0.15, 0.2) is 47.4 Å². The lowest BCUT2D eigenvalue weighted by atomic mass is 10.3. The van der Waals surface area contributed by atoms with E-state index < -0.39 is 15.9 Å². The van der Waals surface area contributed by atoms with Crippen LogP contribution in [0.2, 0.25) is 15.1 Å². The van der Waals surface area contributed by atoms with Crippen LogP contribution in [-0.4, -0.2) is 39.4 Å². The number of thioether (sulfide) groups is 1. The molecule has 2 aromatic rings. The van der Waals surface area contributed by atoms with Crippen LogP contribution >= 0.6 is 46.6 Å². The molecule has 0 radical (unpaired) electrons. The average molecular weight is 468 g/mol. The molecule has 27 heavy (non-hydrogen) atoms. The highest BCUT2D eigenvalue weighted by molar-refractivity contribution is 7.99. The van der Waals surface area contributed by atoms with Gasteiger partial charge in [-0.15, -0.1) is 11.8 Å². The molecule has 5 nitrogen and oxygen atoms in total. The fraction of sp³-hybridized carbons (Fsp3) is 0.235. The van der Waals surface area contributed by atoms with Crippen LogP contribution in [0.4, 0.5) is 5.69 Å². The number of anilines is 1. The lowest BCUT2D eigenvalue weighted by Crippen LogP contribution is -2.41. The summed E-state index contributed by atoms with van der Waals surface area (Å²) in [6.07, 6.45) is 1.01. The zero-order valence-corrected chi connectivity index (χ0v) is 18.2. The number of halogens is 3. The molecule has 0 atom stereocenters. The first-order valence-corrected chi connectivity index (χ1v) is 11.7. The summed E-state index contributed by atoms with van der Waals surface area (Å²) in [6, 6.07) is 12.0. The Morgan fingerprint density at radius 2 is 1.78 bits per heavy atom. The standard InChI is InChI=1S/C17H17Cl3N2O3S2/c1-27(24,25)22(15-4-2-3-14(19)17(15)20)11-16(23)21-9-10-26-13-7-5-12(18)6-8-13/h2-8H,9-11H2,1H3,(H,21,23). The van der Waals surface area contributed by atoms with Gasteiger partial charge >= 0.3 is 0 Å². The first kappa shape index (κ1) is 22.2. The van der Waals surface area contributed by atoms with Gasteiger partial charge < -0.3 is 5.32 Å². The highest BCUT2D eigenvalue weighted by Crippen LogP contribution is 2.33. The first-order chi connectivity index (χ1) is 12.7. The van der Waals surface area contributed by atoms with Crippen molar-refractivity contribution >= 4 is 68.2 Å². The molecule has 10 heteroatoms. The smallest absolute Gasteiger partial charge is 0.240 e. The largest absolute Gasteiger partial charge is 0.354 e. The van der Waals surface area contributed by atoms with Gasteiger partial charge in [0.15, 0.2) is 0 Å². The van der Waals surface area contributed by atoms with Crippen LogP contribution in [0.3, 0.4) is 0 Å². The van der Waals surface area contributed by atoms with Crippen molar-refractivity contribution in [2.75, 3.05) is 29.4 Å². The van der Waals surface area contributed by atoms with Crippen LogP contribution in [0.1, 0.15) is 0 Å². The van der Waals surface area contributed by atoms with Gasteiger partial charge in [0.05, 0.1) is 22.0 Å². The number of amides is 1. The molecule has 0 fully saturated rings. The third kappa shape index (κ3) is 6.76. The number of sulfonamides is 1. The maximum absolute atomic E-state index is 12.2. The highest BCUT2D eigenvalue weighted by Gasteiger charge is 2.23. The van der Waals surface area contributed by atoms with Crippen molar-refractivity contribution in [3.05, 3.63) is 57.5 Å². The zero-order chi connectivity index (χ0) is 20.0. The summed E-state index contributed by atoms with van der Waals surface area (Å²) in [7, 11) is -3.72. The fourth-order valence-electron chi connectivity index (χ4n) is 2.14. The Labute approximate surface area is 178 Å². The molecule has 0 spiro atoms. The highest BCUT2D eigenvalue weighted by atomic mass is 35.5. The number of nitrogens with zero attached hydrogens (tertiary/aromatic N) is 1. The molecule has 2 aromatic carbocycles. The number of benzene rings is 2. The molecular weight excluding hydrogens is 451 g/mol. The van der Waals surface area contributed by atoms with Gasteiger partial charge in [-0.05, 0) is 36.4 Å². The fourth-order valence-corrected chi connectivity index (χ4v) is 4.35. The molecule has 0 unspecified atom stereocenters. The molecule has 0 aliphatic carbocycles. The van der Waals surface area contributed by atoms with Gasteiger partial charge in [0, 0.05) is 22.2 Å². The van der Waals surface area contributed by atoms with E-state index in [9.17, 15) is 13.2 Å². The summed E-state index contributed by atoms with van der Waals surface area (Å²) < 4.78 is 25.1. The van der Waals surface area contributed by atoms with Crippen molar-refractivity contribution in [2.45, 2.75) is 4.90 Å². The van der Waals surface area contributed by atoms with Crippen molar-refractivity contribution in [2.24, 2.45) is 0 Å². The van der Waals surface area contributed by atoms with Crippen molar-refractivity contribution in [1.82, 2.24) is 5.32 Å². The lowest BCUT2D eigenvalue weighted by Gasteiger charge is -2.23. The number of rotatable bonds is 8. The van der Waals surface area contributed by atoms with E-state index in [4.69, 9.17) is 34.8 Å². The van der Waals surface area contributed by atoms with E-state index in [-0.39, 0.29) is 22.3 Å². The third-order valence-electron chi connectivity index (χ3n) is 3.39. The van der Waals surface area contributed by atoms with E-state index in [0.29, 0.717) is 17.3 Å². The second kappa shape index (κ2) is 9.89. The van der Waals surface area contributed by atoms with Gasteiger partial charge in [-0.2, -0.15) is 0 Å². The van der Waals surface area contributed by atoms with E-state index in [2.05, 4.69) is 5.32 Å². The molecule has 1 amide bonds. The Balaban J connectivity index is 1.94. The molecule has 1 N–H and O–H groups in total. The van der Waals surface area contributed by atoms with Crippen LogP contribution in [0, 0.1) is 0 Å². The Morgan fingerprint density at radius 3 is 2.41 bits per heavy atom. The molecule has 146 valence electrons. The van der Waals surface area contributed by atoms with Crippen molar-refractivity contribution in [3.8, 4) is 0 Å². The topological polar surface area (TPSA) is 66.5 Å². The Morgan fingerprint density at radius 1 is 1.11 bits per heavy atom. The van der Waals surface area contributed by atoms with Crippen molar-refractivity contribution < 1.29 is 13.2 Å². The summed E-state index contributed by atoms with van der Waals surface area (Å²) in [5.74, 6) is 0.192. The van der Waals surface area contributed by atoms with Gasteiger partial charge in [-0.25, -0.2) is 8.42 Å². The van der Waals surface area contributed by atoms with Crippen molar-refractivity contribution in [1.29, 1.82) is 0 Å². The Bertz CT molecular complexity index is 906. The summed E-state index contributed by atoms with van der Waals surface area (Å²) in [5.41, 5.74) is 0.164. The van der Waals surface area contributed by atoms with Crippen LogP contribution < -0.4 is 9.62 Å². The normalized spacial score (nSPS) is 11.3. The van der Waals surface area contributed by atoms with Crippen molar-refractivity contribution in [3.63, 3.8) is 0 Å². The number of carbonyl (C=O) groups excluding carboxylic acids is 1. The predicted octanol–water partition coefficient (Wildman–Crippen LogP) is 4.32. The minimum Gasteiger partial charge on any atom is -0.354 e. The number of hydrogen-bond acceptors (Lipinski definition) is 4. The van der Waals surface area contributed by atoms with E-state index >= 15 is 0 Å². The second-order valence-corrected chi connectivity index (χ2v) is 9.79. The molecular formula is C17H17Cl3N2O3S2. The van der Waals surface area contributed by atoms with Gasteiger partial charge in [0.25, 0.3) is 0 Å². The molecule has 0 aromatic heterocycles. The summed E-state index contributed by atoms with van der Waals surface area (Å²) in [5, 5.41) is 3.65. The second-order valence-electron chi connectivity index (χ2n) is 5.49. The van der Waals surface area contributed by atoms with Crippen LogP contribution in [0.5, 0.6) is 0 Å². The minimum atomic E-state index is -3.72. The average Bonchev–Trinajstić information content (AvgIpc) is 2.60. The van der Waals surface area contributed by atoms with E-state index in [1.807, 2.05) is 12.1 Å². The summed E-state index contributed by atoms with van der Waals surface area (Å²) in [4.78, 5) is 13.2. The van der Waals surface area contributed by atoms with E-state index in [0.717, 1.165) is 15.5 Å². The SMILES string of the molecule is CS(=O)(=O)N(CC(=O)NCCSc1ccc(Cl)cc1)c1cccc(Cl)c1Cl. The number of hydrogen-bond donors (Lipinski definition) is 1. The van der Waals surface area contributed by atoms with Gasteiger partial charge in [0.2, 0.25) is 15.9 Å². The van der Waals surface area contributed by atoms with Gasteiger partial charge in [-0.3, -0.25) is 9.10 Å². The lowest BCUT2D eigenvalue weighted by molar-refractivity contribution is -0.119. The maximum atomic E-state index is 12.2. The van der Waals surface area contributed by atoms with Crippen LogP contribution in [0.25, 0.3) is 0 Å². The predicted molar refractivity (Wildman–Crippen MR) is 114 cm³/mol. The van der Waals surface area contributed by atoms with E-state index in [1.165, 1.54) is 6.07 Å². The monoisotopic (exact) mass is 466 g/mol. The zero-order valence-electron chi connectivity index (χ0n) is 14.3. The summed E-state index contributed by atoms with van der Waals surface area (Å²) >= 11 is 19.4. The molecule has 0 aliphatic heterocycles. The molecule has 0 saturated carbocycles. The molecule has 0 aliphatic rings. The third-order valence-corrected chi connectivity index (χ3v) is 6.60. The number of nitrogens with one attached hydrogen (secondary N) is 1. The molecule has 0 bridgehead atoms.